The predicted molar refractivity (Wildman–Crippen MR) is 116 cm³/mol. The van der Waals surface area contributed by atoms with Gasteiger partial charge in [0.1, 0.15) is 11.5 Å². The van der Waals surface area contributed by atoms with Crippen LogP contribution in [0.2, 0.25) is 5.02 Å². The Hall–Kier alpha value is -3.64. The van der Waals surface area contributed by atoms with Crippen LogP contribution in [0, 0.1) is 0 Å². The van der Waals surface area contributed by atoms with E-state index in [1.54, 1.807) is 72.8 Å². The number of carbonyl (C=O) groups excluding carboxylic acids is 2. The first-order chi connectivity index (χ1) is 14.5. The van der Waals surface area contributed by atoms with Crippen molar-refractivity contribution in [2.75, 3.05) is 6.61 Å². The topological polar surface area (TPSA) is 77.0 Å². The fourth-order valence-electron chi connectivity index (χ4n) is 2.47. The number of amides is 1. The Morgan fingerprint density at radius 2 is 1.50 bits per heavy atom. The molecule has 0 saturated heterocycles. The summed E-state index contributed by atoms with van der Waals surface area (Å²) in [7, 11) is 0. The molecule has 7 heteroatoms. The molecular weight excluding hydrogens is 404 g/mol. The third-order valence-corrected chi connectivity index (χ3v) is 4.23. The molecule has 0 heterocycles. The standard InChI is InChI=1S/C23H19ClN2O4/c1-2-29-20-13-7-18(8-14-20)23(28)30-21-11-3-16(4-12-21)15-25-26-22(27)17-5-9-19(24)10-6-17/h3-15H,2H2,1H3,(H,26,27)/b25-15+. The van der Waals surface area contributed by atoms with Crippen molar-refractivity contribution in [3.8, 4) is 11.5 Å². The molecule has 0 aliphatic heterocycles. The number of hydrazone groups is 1. The Kier molecular flexibility index (Phi) is 7.19. The van der Waals surface area contributed by atoms with Gasteiger partial charge in [-0.25, -0.2) is 10.2 Å². The molecular formula is C23H19ClN2O4. The molecule has 1 amide bonds. The Labute approximate surface area is 179 Å². The molecule has 0 bridgehead atoms. The summed E-state index contributed by atoms with van der Waals surface area (Å²) in [4.78, 5) is 24.2. The molecule has 0 aromatic heterocycles. The number of halogens is 1. The van der Waals surface area contributed by atoms with Crippen LogP contribution < -0.4 is 14.9 Å². The second-order valence-corrected chi connectivity index (χ2v) is 6.56. The first-order valence-corrected chi connectivity index (χ1v) is 9.57. The monoisotopic (exact) mass is 422 g/mol. The molecule has 3 aromatic carbocycles. The van der Waals surface area contributed by atoms with Gasteiger partial charge < -0.3 is 9.47 Å². The van der Waals surface area contributed by atoms with Gasteiger partial charge in [-0.3, -0.25) is 4.79 Å². The molecule has 30 heavy (non-hydrogen) atoms. The zero-order chi connectivity index (χ0) is 21.3. The quantitative estimate of drug-likeness (QED) is 0.258. The molecule has 3 aromatic rings. The van der Waals surface area contributed by atoms with E-state index in [0.717, 1.165) is 5.56 Å². The molecule has 0 radical (unpaired) electrons. The van der Waals surface area contributed by atoms with E-state index in [2.05, 4.69) is 10.5 Å². The first-order valence-electron chi connectivity index (χ1n) is 9.19. The minimum absolute atomic E-state index is 0.344. The van der Waals surface area contributed by atoms with Crippen LogP contribution in [-0.2, 0) is 0 Å². The maximum atomic E-state index is 12.2. The third-order valence-electron chi connectivity index (χ3n) is 3.98. The van der Waals surface area contributed by atoms with Crippen LogP contribution in [0.15, 0.2) is 77.9 Å². The number of hydrogen-bond donors (Lipinski definition) is 1. The minimum Gasteiger partial charge on any atom is -0.494 e. The smallest absolute Gasteiger partial charge is 0.343 e. The van der Waals surface area contributed by atoms with Crippen molar-refractivity contribution in [1.29, 1.82) is 0 Å². The number of benzene rings is 3. The Morgan fingerprint density at radius 1 is 0.900 bits per heavy atom. The molecule has 3 rings (SSSR count). The second kappa shape index (κ2) is 10.2. The summed E-state index contributed by atoms with van der Waals surface area (Å²) in [5.74, 6) is 0.288. The van der Waals surface area contributed by atoms with Gasteiger partial charge in [-0.05, 0) is 85.3 Å². The Balaban J connectivity index is 1.54. The fraction of sp³-hybridized carbons (Fsp3) is 0.0870. The molecule has 1 N–H and O–H groups in total. The summed E-state index contributed by atoms with van der Waals surface area (Å²) in [5.41, 5.74) is 4.05. The summed E-state index contributed by atoms with van der Waals surface area (Å²) in [5, 5.41) is 4.48. The summed E-state index contributed by atoms with van der Waals surface area (Å²) in [6.07, 6.45) is 1.49. The van der Waals surface area contributed by atoms with Gasteiger partial charge in [0.25, 0.3) is 5.91 Å². The number of nitrogens with zero attached hydrogens (tertiary/aromatic N) is 1. The molecule has 6 nitrogen and oxygen atoms in total. The number of esters is 1. The van der Waals surface area contributed by atoms with Crippen LogP contribution in [-0.4, -0.2) is 24.7 Å². The molecule has 0 unspecified atom stereocenters. The van der Waals surface area contributed by atoms with E-state index in [1.165, 1.54) is 6.21 Å². The molecule has 0 fully saturated rings. The van der Waals surface area contributed by atoms with Crippen molar-refractivity contribution < 1.29 is 19.1 Å². The molecule has 152 valence electrons. The lowest BCUT2D eigenvalue weighted by Crippen LogP contribution is -2.17. The Morgan fingerprint density at radius 3 is 2.13 bits per heavy atom. The molecule has 0 saturated carbocycles. The van der Waals surface area contributed by atoms with Gasteiger partial charge in [-0.15, -0.1) is 0 Å². The lowest BCUT2D eigenvalue weighted by atomic mass is 10.2. The second-order valence-electron chi connectivity index (χ2n) is 6.12. The van der Waals surface area contributed by atoms with Crippen molar-refractivity contribution in [3.05, 3.63) is 94.5 Å². The zero-order valence-electron chi connectivity index (χ0n) is 16.2. The molecule has 0 atom stereocenters. The number of nitrogens with one attached hydrogen (secondary N) is 1. The highest BCUT2D eigenvalue weighted by molar-refractivity contribution is 6.30. The first kappa shape index (κ1) is 21.1. The van der Waals surface area contributed by atoms with E-state index in [-0.39, 0.29) is 5.91 Å². The summed E-state index contributed by atoms with van der Waals surface area (Å²) >= 11 is 5.80. The minimum atomic E-state index is -0.463. The number of hydrogen-bond acceptors (Lipinski definition) is 5. The maximum Gasteiger partial charge on any atom is 0.343 e. The lowest BCUT2D eigenvalue weighted by Gasteiger charge is -2.06. The van der Waals surface area contributed by atoms with Gasteiger partial charge in [0, 0.05) is 10.6 Å². The fourth-order valence-corrected chi connectivity index (χ4v) is 2.60. The van der Waals surface area contributed by atoms with Gasteiger partial charge in [0.2, 0.25) is 0 Å². The van der Waals surface area contributed by atoms with Crippen LogP contribution in [0.4, 0.5) is 0 Å². The average molecular weight is 423 g/mol. The molecule has 0 aliphatic carbocycles. The number of carbonyl (C=O) groups is 2. The van der Waals surface area contributed by atoms with Crippen LogP contribution >= 0.6 is 11.6 Å². The van der Waals surface area contributed by atoms with Crippen molar-refractivity contribution in [2.24, 2.45) is 5.10 Å². The van der Waals surface area contributed by atoms with Crippen LogP contribution in [0.5, 0.6) is 11.5 Å². The van der Waals surface area contributed by atoms with E-state index >= 15 is 0 Å². The third kappa shape index (κ3) is 5.93. The van der Waals surface area contributed by atoms with Crippen molar-refractivity contribution in [2.45, 2.75) is 6.92 Å². The normalized spacial score (nSPS) is 10.6. The highest BCUT2D eigenvalue weighted by atomic mass is 35.5. The largest absolute Gasteiger partial charge is 0.494 e. The van der Waals surface area contributed by atoms with E-state index < -0.39 is 5.97 Å². The van der Waals surface area contributed by atoms with Gasteiger partial charge in [-0.1, -0.05) is 11.6 Å². The van der Waals surface area contributed by atoms with E-state index in [0.29, 0.717) is 34.3 Å². The van der Waals surface area contributed by atoms with Crippen LogP contribution in [0.3, 0.4) is 0 Å². The van der Waals surface area contributed by atoms with Crippen molar-refractivity contribution in [3.63, 3.8) is 0 Å². The molecule has 0 aliphatic rings. The van der Waals surface area contributed by atoms with Gasteiger partial charge in [-0.2, -0.15) is 5.10 Å². The predicted octanol–water partition coefficient (Wildman–Crippen LogP) is 4.72. The van der Waals surface area contributed by atoms with E-state index in [1.807, 2.05) is 6.92 Å². The van der Waals surface area contributed by atoms with E-state index in [4.69, 9.17) is 21.1 Å². The number of rotatable bonds is 7. The highest BCUT2D eigenvalue weighted by Crippen LogP contribution is 2.16. The lowest BCUT2D eigenvalue weighted by molar-refractivity contribution is 0.0734. The zero-order valence-corrected chi connectivity index (χ0v) is 16.9. The van der Waals surface area contributed by atoms with E-state index in [9.17, 15) is 9.59 Å². The SMILES string of the molecule is CCOc1ccc(C(=O)Oc2ccc(/C=N/NC(=O)c3ccc(Cl)cc3)cc2)cc1. The highest BCUT2D eigenvalue weighted by Gasteiger charge is 2.09. The maximum absolute atomic E-state index is 12.2. The average Bonchev–Trinajstić information content (AvgIpc) is 2.76. The summed E-state index contributed by atoms with van der Waals surface area (Å²) in [6, 6.07) is 20.0. The summed E-state index contributed by atoms with van der Waals surface area (Å²) in [6.45, 7) is 2.45. The van der Waals surface area contributed by atoms with Crippen molar-refractivity contribution >= 4 is 29.7 Å². The number of ether oxygens (including phenoxy) is 2. The van der Waals surface area contributed by atoms with Gasteiger partial charge in [0.05, 0.1) is 18.4 Å². The van der Waals surface area contributed by atoms with Crippen LogP contribution in [0.25, 0.3) is 0 Å². The van der Waals surface area contributed by atoms with Gasteiger partial charge >= 0.3 is 5.97 Å². The van der Waals surface area contributed by atoms with Crippen LogP contribution in [0.1, 0.15) is 33.2 Å². The van der Waals surface area contributed by atoms with Crippen molar-refractivity contribution in [1.82, 2.24) is 5.43 Å². The van der Waals surface area contributed by atoms with Gasteiger partial charge in [0.15, 0.2) is 0 Å². The molecule has 0 spiro atoms. The Bertz CT molecular complexity index is 1030. The summed E-state index contributed by atoms with van der Waals surface area (Å²) < 4.78 is 10.7.